The monoisotopic (exact) mass is 409 g/mol. The Morgan fingerprint density at radius 1 is 1.11 bits per heavy atom. The van der Waals surface area contributed by atoms with E-state index in [2.05, 4.69) is 9.46 Å². The van der Waals surface area contributed by atoms with Gasteiger partial charge in [-0.1, -0.05) is 49.6 Å². The number of benzene rings is 1. The Morgan fingerprint density at radius 3 is 2.39 bits per heavy atom. The third-order valence-corrected chi connectivity index (χ3v) is 6.21. The first-order valence-electron chi connectivity index (χ1n) is 9.37. The molecule has 0 saturated heterocycles. The molecule has 8 heteroatoms. The van der Waals surface area contributed by atoms with Gasteiger partial charge in [-0.3, -0.25) is 0 Å². The van der Waals surface area contributed by atoms with Gasteiger partial charge in [-0.15, -0.1) is 0 Å². The molecule has 154 valence electrons. The summed E-state index contributed by atoms with van der Waals surface area (Å²) < 4.78 is 37.5. The molecule has 1 aliphatic carbocycles. The number of rotatable bonds is 9. The summed E-state index contributed by atoms with van der Waals surface area (Å²) in [6.07, 6.45) is 7.02. The summed E-state index contributed by atoms with van der Waals surface area (Å²) in [5, 5.41) is 0. The number of esters is 2. The molecule has 1 aliphatic rings. The van der Waals surface area contributed by atoms with Gasteiger partial charge >= 0.3 is 11.9 Å². The van der Waals surface area contributed by atoms with E-state index in [1.807, 2.05) is 6.07 Å². The van der Waals surface area contributed by atoms with Gasteiger partial charge < -0.3 is 9.47 Å². The number of hydrogen-bond donors (Lipinski definition) is 1. The number of carbonyl (C=O) groups is 2. The first-order chi connectivity index (χ1) is 13.4. The SMILES string of the molecule is COC(=O)C=CC(=O)OCC(NS(=O)(=O)CC1CCCCC1)c1ccccc1. The van der Waals surface area contributed by atoms with Gasteiger partial charge in [-0.25, -0.2) is 22.7 Å². The number of carbonyl (C=O) groups excluding carboxylic acids is 2. The van der Waals surface area contributed by atoms with Crippen molar-refractivity contribution >= 4 is 22.0 Å². The molecule has 28 heavy (non-hydrogen) atoms. The van der Waals surface area contributed by atoms with E-state index in [1.165, 1.54) is 7.11 Å². The molecule has 0 heterocycles. The summed E-state index contributed by atoms with van der Waals surface area (Å²) >= 11 is 0. The van der Waals surface area contributed by atoms with Crippen molar-refractivity contribution in [1.29, 1.82) is 0 Å². The zero-order valence-corrected chi connectivity index (χ0v) is 16.8. The predicted molar refractivity (Wildman–Crippen MR) is 105 cm³/mol. The lowest BCUT2D eigenvalue weighted by atomic mass is 9.91. The van der Waals surface area contributed by atoms with E-state index in [9.17, 15) is 18.0 Å². The van der Waals surface area contributed by atoms with E-state index in [4.69, 9.17) is 4.74 Å². The Balaban J connectivity index is 2.02. The van der Waals surface area contributed by atoms with Gasteiger partial charge in [0, 0.05) is 12.2 Å². The summed E-state index contributed by atoms with van der Waals surface area (Å²) in [5.41, 5.74) is 0.694. The van der Waals surface area contributed by atoms with Crippen LogP contribution >= 0.6 is 0 Å². The average molecular weight is 410 g/mol. The minimum absolute atomic E-state index is 0.0759. The van der Waals surface area contributed by atoms with Crippen molar-refractivity contribution < 1.29 is 27.5 Å². The second-order valence-electron chi connectivity index (χ2n) is 6.85. The smallest absolute Gasteiger partial charge is 0.331 e. The maximum Gasteiger partial charge on any atom is 0.331 e. The lowest BCUT2D eigenvalue weighted by molar-refractivity contribution is -0.139. The number of methoxy groups -OCH3 is 1. The van der Waals surface area contributed by atoms with Gasteiger partial charge in [0.05, 0.1) is 18.9 Å². The molecule has 1 aromatic rings. The highest BCUT2D eigenvalue weighted by atomic mass is 32.2. The first kappa shape index (κ1) is 22.1. The molecule has 0 radical (unpaired) electrons. The predicted octanol–water partition coefficient (Wildman–Crippen LogP) is 2.50. The van der Waals surface area contributed by atoms with E-state index in [0.717, 1.165) is 44.3 Å². The van der Waals surface area contributed by atoms with Crippen LogP contribution in [0.4, 0.5) is 0 Å². The van der Waals surface area contributed by atoms with Crippen molar-refractivity contribution in [1.82, 2.24) is 4.72 Å². The molecular weight excluding hydrogens is 382 g/mol. The fraction of sp³-hybridized carbons (Fsp3) is 0.500. The lowest BCUT2D eigenvalue weighted by Crippen LogP contribution is -2.36. The highest BCUT2D eigenvalue weighted by molar-refractivity contribution is 7.89. The lowest BCUT2D eigenvalue weighted by Gasteiger charge is -2.24. The van der Waals surface area contributed by atoms with Crippen molar-refractivity contribution in [3.8, 4) is 0 Å². The minimum Gasteiger partial charge on any atom is -0.466 e. The van der Waals surface area contributed by atoms with Gasteiger partial charge in [-0.05, 0) is 24.3 Å². The maximum absolute atomic E-state index is 12.7. The van der Waals surface area contributed by atoms with E-state index >= 15 is 0 Å². The van der Waals surface area contributed by atoms with Crippen LogP contribution in [0.5, 0.6) is 0 Å². The van der Waals surface area contributed by atoms with Gasteiger partial charge in [-0.2, -0.15) is 0 Å². The molecule has 1 atom stereocenters. The normalized spacial score (nSPS) is 16.6. The van der Waals surface area contributed by atoms with E-state index < -0.39 is 28.0 Å². The molecule has 1 N–H and O–H groups in total. The molecule has 1 fully saturated rings. The van der Waals surface area contributed by atoms with Crippen LogP contribution in [0.15, 0.2) is 42.5 Å². The molecule has 1 unspecified atom stereocenters. The molecule has 0 bridgehead atoms. The van der Waals surface area contributed by atoms with E-state index in [0.29, 0.717) is 5.56 Å². The first-order valence-corrected chi connectivity index (χ1v) is 11.0. The molecule has 1 aromatic carbocycles. The van der Waals surface area contributed by atoms with Crippen LogP contribution < -0.4 is 4.72 Å². The van der Waals surface area contributed by atoms with Crippen molar-refractivity contribution in [3.63, 3.8) is 0 Å². The molecule has 2 rings (SSSR count). The molecule has 0 spiro atoms. The zero-order chi connectivity index (χ0) is 20.4. The fourth-order valence-corrected chi connectivity index (χ4v) is 4.92. The average Bonchev–Trinajstić information content (AvgIpc) is 2.70. The van der Waals surface area contributed by atoms with Crippen LogP contribution in [-0.2, 0) is 29.1 Å². The van der Waals surface area contributed by atoms with Crippen molar-refractivity contribution in [2.45, 2.75) is 38.1 Å². The van der Waals surface area contributed by atoms with E-state index in [1.54, 1.807) is 24.3 Å². The highest BCUT2D eigenvalue weighted by Crippen LogP contribution is 2.25. The number of ether oxygens (including phenoxy) is 2. The Bertz CT molecular complexity index is 769. The fourth-order valence-electron chi connectivity index (χ4n) is 3.23. The van der Waals surface area contributed by atoms with Crippen molar-refractivity contribution in [3.05, 3.63) is 48.0 Å². The topological polar surface area (TPSA) is 98.8 Å². The maximum atomic E-state index is 12.7. The molecule has 1 saturated carbocycles. The third-order valence-electron chi connectivity index (χ3n) is 4.65. The molecule has 0 amide bonds. The largest absolute Gasteiger partial charge is 0.466 e. The number of sulfonamides is 1. The van der Waals surface area contributed by atoms with Crippen LogP contribution in [0.25, 0.3) is 0 Å². The van der Waals surface area contributed by atoms with Gasteiger partial charge in [0.25, 0.3) is 0 Å². The Hall–Kier alpha value is -2.19. The number of nitrogens with one attached hydrogen (secondary N) is 1. The Morgan fingerprint density at radius 2 is 1.75 bits per heavy atom. The van der Waals surface area contributed by atoms with Crippen LogP contribution in [-0.4, -0.2) is 39.8 Å². The summed E-state index contributed by atoms with van der Waals surface area (Å²) in [6.45, 7) is -0.182. The van der Waals surface area contributed by atoms with Crippen LogP contribution in [0.1, 0.15) is 43.7 Å². The second kappa shape index (κ2) is 11.0. The zero-order valence-electron chi connectivity index (χ0n) is 16.0. The van der Waals surface area contributed by atoms with Crippen molar-refractivity contribution in [2.24, 2.45) is 5.92 Å². The minimum atomic E-state index is -3.54. The Kier molecular flexibility index (Phi) is 8.66. The number of hydrogen-bond acceptors (Lipinski definition) is 6. The quantitative estimate of drug-likeness (QED) is 0.497. The van der Waals surface area contributed by atoms with Crippen LogP contribution in [0, 0.1) is 5.92 Å². The highest BCUT2D eigenvalue weighted by Gasteiger charge is 2.25. The van der Waals surface area contributed by atoms with Gasteiger partial charge in [0.15, 0.2) is 0 Å². The summed E-state index contributed by atoms with van der Waals surface area (Å²) in [7, 11) is -2.34. The molecular formula is C20H27NO6S. The molecule has 7 nitrogen and oxygen atoms in total. The Labute approximate surface area is 166 Å². The molecule has 0 aromatic heterocycles. The van der Waals surface area contributed by atoms with Crippen molar-refractivity contribution in [2.75, 3.05) is 19.5 Å². The summed E-state index contributed by atoms with van der Waals surface area (Å²) in [6, 6.07) is 8.23. The standard InChI is InChI=1S/C20H27NO6S/c1-26-19(22)12-13-20(23)27-14-18(17-10-6-3-7-11-17)21-28(24,25)15-16-8-4-2-5-9-16/h3,6-7,10-13,16,18,21H,2,4-5,8-9,14-15H2,1H3. The summed E-state index contributed by atoms with van der Waals surface area (Å²) in [4.78, 5) is 22.8. The van der Waals surface area contributed by atoms with Gasteiger partial charge in [0.2, 0.25) is 10.0 Å². The van der Waals surface area contributed by atoms with Crippen LogP contribution in [0.3, 0.4) is 0 Å². The molecule has 0 aliphatic heterocycles. The third kappa shape index (κ3) is 7.82. The van der Waals surface area contributed by atoms with Crippen LogP contribution in [0.2, 0.25) is 0 Å². The second-order valence-corrected chi connectivity index (χ2v) is 8.65. The summed E-state index contributed by atoms with van der Waals surface area (Å²) in [5.74, 6) is -1.19. The van der Waals surface area contributed by atoms with E-state index in [-0.39, 0.29) is 18.3 Å². The van der Waals surface area contributed by atoms with Gasteiger partial charge in [0.1, 0.15) is 6.61 Å².